The summed E-state index contributed by atoms with van der Waals surface area (Å²) in [7, 11) is 1.90. The topological polar surface area (TPSA) is 63.6 Å². The van der Waals surface area contributed by atoms with E-state index in [1.807, 2.05) is 35.9 Å². The van der Waals surface area contributed by atoms with Crippen LogP contribution in [0.25, 0.3) is 22.1 Å². The molecule has 2 heterocycles. The number of aryl methyl sites for hydroxylation is 1. The van der Waals surface area contributed by atoms with E-state index < -0.39 is 5.69 Å². The zero-order chi connectivity index (χ0) is 10.4. The molecule has 0 saturated carbocycles. The Morgan fingerprint density at radius 1 is 1.33 bits per heavy atom. The third kappa shape index (κ3) is 0.999. The highest BCUT2D eigenvalue weighted by Crippen LogP contribution is 2.22. The fourth-order valence-electron chi connectivity index (χ4n) is 1.83. The minimum atomic E-state index is -0.418. The van der Waals surface area contributed by atoms with Gasteiger partial charge in [0.05, 0.1) is 5.52 Å². The zero-order valence-corrected chi connectivity index (χ0v) is 8.06. The second-order valence-corrected chi connectivity index (χ2v) is 3.39. The maximum atomic E-state index is 11.1. The molecule has 15 heavy (non-hydrogen) atoms. The minimum Gasteiger partial charge on any atom is -0.326 e. The molecule has 3 aromatic rings. The SMILES string of the molecule is Cn1c2ccccc2c2nc(=O)[nH]nc21. The highest BCUT2D eigenvalue weighted by Gasteiger charge is 2.09. The highest BCUT2D eigenvalue weighted by atomic mass is 16.1. The van der Waals surface area contributed by atoms with E-state index in [0.717, 1.165) is 10.9 Å². The van der Waals surface area contributed by atoms with Gasteiger partial charge in [0.15, 0.2) is 5.65 Å². The summed E-state index contributed by atoms with van der Waals surface area (Å²) in [6.45, 7) is 0. The molecular formula is C10H8N4O. The Kier molecular flexibility index (Phi) is 1.45. The van der Waals surface area contributed by atoms with Gasteiger partial charge in [-0.1, -0.05) is 18.2 Å². The molecule has 3 rings (SSSR count). The van der Waals surface area contributed by atoms with Gasteiger partial charge >= 0.3 is 5.69 Å². The van der Waals surface area contributed by atoms with Gasteiger partial charge in [0.1, 0.15) is 5.52 Å². The lowest BCUT2D eigenvalue weighted by atomic mass is 10.2. The van der Waals surface area contributed by atoms with Gasteiger partial charge in [0.25, 0.3) is 0 Å². The van der Waals surface area contributed by atoms with Crippen LogP contribution in [-0.2, 0) is 7.05 Å². The minimum absolute atomic E-state index is 0.418. The van der Waals surface area contributed by atoms with Crippen molar-refractivity contribution in [1.29, 1.82) is 0 Å². The molecule has 1 aromatic carbocycles. The number of aromatic amines is 1. The number of rotatable bonds is 0. The molecule has 0 fully saturated rings. The quantitative estimate of drug-likeness (QED) is 0.584. The monoisotopic (exact) mass is 200 g/mol. The van der Waals surface area contributed by atoms with Crippen LogP contribution >= 0.6 is 0 Å². The van der Waals surface area contributed by atoms with E-state index in [0.29, 0.717) is 11.2 Å². The van der Waals surface area contributed by atoms with Gasteiger partial charge in [0, 0.05) is 12.4 Å². The summed E-state index contributed by atoms with van der Waals surface area (Å²) in [5.41, 5.74) is 1.94. The van der Waals surface area contributed by atoms with Gasteiger partial charge in [-0.05, 0) is 6.07 Å². The molecule has 0 bridgehead atoms. The van der Waals surface area contributed by atoms with Crippen molar-refractivity contribution in [3.8, 4) is 0 Å². The number of nitrogens with one attached hydrogen (secondary N) is 1. The Morgan fingerprint density at radius 2 is 2.13 bits per heavy atom. The van der Waals surface area contributed by atoms with Crippen LogP contribution in [0, 0.1) is 0 Å². The van der Waals surface area contributed by atoms with Gasteiger partial charge in [-0.25, -0.2) is 9.89 Å². The van der Waals surface area contributed by atoms with Crippen LogP contribution in [0.5, 0.6) is 0 Å². The Hall–Kier alpha value is -2.17. The third-order valence-electron chi connectivity index (χ3n) is 2.52. The van der Waals surface area contributed by atoms with Crippen LogP contribution in [0.2, 0.25) is 0 Å². The number of fused-ring (bicyclic) bond motifs is 3. The van der Waals surface area contributed by atoms with Crippen LogP contribution in [-0.4, -0.2) is 19.7 Å². The van der Waals surface area contributed by atoms with E-state index in [-0.39, 0.29) is 0 Å². The molecule has 74 valence electrons. The second kappa shape index (κ2) is 2.66. The van der Waals surface area contributed by atoms with Crippen LogP contribution in [0.3, 0.4) is 0 Å². The predicted octanol–water partition coefficient (Wildman–Crippen LogP) is 0.810. The normalized spacial score (nSPS) is 11.3. The smallest absolute Gasteiger partial charge is 0.326 e. The average molecular weight is 200 g/mol. The second-order valence-electron chi connectivity index (χ2n) is 3.39. The third-order valence-corrected chi connectivity index (χ3v) is 2.52. The van der Waals surface area contributed by atoms with Crippen molar-refractivity contribution >= 4 is 22.1 Å². The number of hydrogen-bond donors (Lipinski definition) is 1. The highest BCUT2D eigenvalue weighted by molar-refractivity contribution is 6.03. The summed E-state index contributed by atoms with van der Waals surface area (Å²) in [6, 6.07) is 7.78. The lowest BCUT2D eigenvalue weighted by Crippen LogP contribution is -2.11. The maximum absolute atomic E-state index is 11.1. The molecular weight excluding hydrogens is 192 g/mol. The van der Waals surface area contributed by atoms with Crippen molar-refractivity contribution in [2.75, 3.05) is 0 Å². The molecule has 0 amide bonds. The van der Waals surface area contributed by atoms with Crippen LogP contribution in [0.15, 0.2) is 29.1 Å². The van der Waals surface area contributed by atoms with E-state index in [4.69, 9.17) is 0 Å². The fourth-order valence-corrected chi connectivity index (χ4v) is 1.83. The standard InChI is InChI=1S/C10H8N4O/c1-14-7-5-3-2-4-6(7)8-9(14)12-13-10(15)11-8/h2-5H,1H3,(H,11,13,15). The van der Waals surface area contributed by atoms with Crippen LogP contribution in [0.4, 0.5) is 0 Å². The Bertz CT molecular complexity index is 710. The van der Waals surface area contributed by atoms with Crippen molar-refractivity contribution in [2.24, 2.45) is 7.05 Å². The van der Waals surface area contributed by atoms with E-state index in [2.05, 4.69) is 15.2 Å². The zero-order valence-electron chi connectivity index (χ0n) is 8.06. The average Bonchev–Trinajstić information content (AvgIpc) is 2.54. The van der Waals surface area contributed by atoms with E-state index >= 15 is 0 Å². The fraction of sp³-hybridized carbons (Fsp3) is 0.100. The lowest BCUT2D eigenvalue weighted by Gasteiger charge is -1.93. The summed E-state index contributed by atoms with van der Waals surface area (Å²) < 4.78 is 1.91. The molecule has 0 aliphatic heterocycles. The van der Waals surface area contributed by atoms with Crippen molar-refractivity contribution in [3.63, 3.8) is 0 Å². The van der Waals surface area contributed by atoms with Gasteiger partial charge in [-0.15, -0.1) is 0 Å². The lowest BCUT2D eigenvalue weighted by molar-refractivity contribution is 0.902. The molecule has 5 nitrogen and oxygen atoms in total. The molecule has 1 N–H and O–H groups in total. The number of nitrogens with zero attached hydrogens (tertiary/aromatic N) is 3. The first kappa shape index (κ1) is 8.16. The number of aromatic nitrogens is 4. The van der Waals surface area contributed by atoms with Crippen molar-refractivity contribution in [1.82, 2.24) is 19.7 Å². The number of benzene rings is 1. The summed E-state index contributed by atoms with van der Waals surface area (Å²) in [5.74, 6) is 0. The first-order valence-electron chi connectivity index (χ1n) is 4.57. The molecule has 0 saturated heterocycles. The molecule has 0 unspecified atom stereocenters. The molecule has 0 atom stereocenters. The van der Waals surface area contributed by atoms with Crippen LogP contribution in [0.1, 0.15) is 0 Å². The number of H-pyrrole nitrogens is 1. The first-order valence-corrected chi connectivity index (χ1v) is 4.57. The Labute approximate surface area is 84.4 Å². The molecule has 0 aliphatic rings. The Balaban J connectivity index is 2.70. The van der Waals surface area contributed by atoms with E-state index in [1.54, 1.807) is 0 Å². The molecule has 0 radical (unpaired) electrons. The summed E-state index contributed by atoms with van der Waals surface area (Å²) in [4.78, 5) is 15.0. The van der Waals surface area contributed by atoms with Crippen molar-refractivity contribution in [3.05, 3.63) is 34.7 Å². The summed E-state index contributed by atoms with van der Waals surface area (Å²) in [6.07, 6.45) is 0. The number of para-hydroxylation sites is 1. The van der Waals surface area contributed by atoms with Gasteiger partial charge < -0.3 is 4.57 Å². The largest absolute Gasteiger partial charge is 0.362 e. The van der Waals surface area contributed by atoms with E-state index in [1.165, 1.54) is 0 Å². The summed E-state index contributed by atoms with van der Waals surface area (Å²) >= 11 is 0. The van der Waals surface area contributed by atoms with Gasteiger partial charge in [0.2, 0.25) is 0 Å². The Morgan fingerprint density at radius 3 is 3.00 bits per heavy atom. The van der Waals surface area contributed by atoms with Crippen molar-refractivity contribution < 1.29 is 0 Å². The molecule has 0 aliphatic carbocycles. The predicted molar refractivity (Wildman–Crippen MR) is 56.6 cm³/mol. The maximum Gasteiger partial charge on any atom is 0.362 e. The molecule has 0 spiro atoms. The van der Waals surface area contributed by atoms with Gasteiger partial charge in [-0.2, -0.15) is 10.1 Å². The first-order chi connectivity index (χ1) is 7.27. The molecule has 2 aromatic heterocycles. The van der Waals surface area contributed by atoms with Crippen LogP contribution < -0.4 is 5.69 Å². The van der Waals surface area contributed by atoms with E-state index in [9.17, 15) is 4.79 Å². The van der Waals surface area contributed by atoms with Crippen molar-refractivity contribution in [2.45, 2.75) is 0 Å². The number of hydrogen-bond acceptors (Lipinski definition) is 3. The molecule has 5 heteroatoms. The van der Waals surface area contributed by atoms with Gasteiger partial charge in [-0.3, -0.25) is 0 Å². The summed E-state index contributed by atoms with van der Waals surface area (Å²) in [5, 5.41) is 7.27.